The van der Waals surface area contributed by atoms with Crippen molar-refractivity contribution in [3.05, 3.63) is 24.0 Å². The number of pyridine rings is 1. The van der Waals surface area contributed by atoms with Gasteiger partial charge in [0.1, 0.15) is 18.3 Å². The fourth-order valence-corrected chi connectivity index (χ4v) is 1.95. The summed E-state index contributed by atoms with van der Waals surface area (Å²) in [5.41, 5.74) is -0.0665. The Morgan fingerprint density at radius 2 is 2.33 bits per heavy atom. The monoisotopic (exact) mass is 289 g/mol. The van der Waals surface area contributed by atoms with E-state index in [9.17, 15) is 4.79 Å². The Balaban J connectivity index is 1.90. The summed E-state index contributed by atoms with van der Waals surface area (Å²) in [7, 11) is 0. The number of ether oxygens (including phenoxy) is 2. The third kappa shape index (κ3) is 3.85. The van der Waals surface area contributed by atoms with E-state index in [1.165, 1.54) is 6.20 Å². The highest BCUT2D eigenvalue weighted by molar-refractivity contribution is 5.69. The van der Waals surface area contributed by atoms with E-state index < -0.39 is 5.60 Å². The van der Waals surface area contributed by atoms with Crippen molar-refractivity contribution in [2.45, 2.75) is 38.8 Å². The fraction of sp³-hybridized carbons (Fsp3) is 0.533. The van der Waals surface area contributed by atoms with Gasteiger partial charge in [-0.25, -0.2) is 4.79 Å². The largest absolute Gasteiger partial charge is 0.488 e. The molecule has 0 saturated carbocycles. The number of hydrogen-bond donors (Lipinski definition) is 0. The zero-order valence-corrected chi connectivity index (χ0v) is 12.5. The van der Waals surface area contributed by atoms with Crippen LogP contribution in [0.15, 0.2) is 18.5 Å². The molecule has 6 heteroatoms. The van der Waals surface area contributed by atoms with Crippen molar-refractivity contribution in [3.8, 4) is 11.8 Å². The van der Waals surface area contributed by atoms with Gasteiger partial charge in [-0.3, -0.25) is 4.98 Å². The first-order valence-corrected chi connectivity index (χ1v) is 6.87. The van der Waals surface area contributed by atoms with Crippen LogP contribution >= 0.6 is 0 Å². The van der Waals surface area contributed by atoms with Gasteiger partial charge in [-0.15, -0.1) is 0 Å². The first-order chi connectivity index (χ1) is 9.90. The molecule has 2 rings (SSSR count). The molecular weight excluding hydrogens is 270 g/mol. The van der Waals surface area contributed by atoms with E-state index in [4.69, 9.17) is 14.7 Å². The Morgan fingerprint density at radius 3 is 2.90 bits per heavy atom. The molecule has 6 nitrogen and oxygen atoms in total. The lowest BCUT2D eigenvalue weighted by molar-refractivity contribution is -0.0141. The first kappa shape index (κ1) is 15.1. The van der Waals surface area contributed by atoms with Crippen molar-refractivity contribution >= 4 is 6.09 Å². The van der Waals surface area contributed by atoms with Crippen LogP contribution in [0.25, 0.3) is 0 Å². The average Bonchev–Trinajstić information content (AvgIpc) is 2.35. The number of carbonyl (C=O) groups excluding carboxylic acids is 1. The minimum Gasteiger partial charge on any atom is -0.488 e. The van der Waals surface area contributed by atoms with Gasteiger partial charge in [0.05, 0.1) is 17.8 Å². The van der Waals surface area contributed by atoms with Gasteiger partial charge < -0.3 is 14.4 Å². The van der Waals surface area contributed by atoms with Gasteiger partial charge in [0.15, 0.2) is 5.75 Å². The van der Waals surface area contributed by atoms with Gasteiger partial charge in [0.25, 0.3) is 0 Å². The highest BCUT2D eigenvalue weighted by Gasteiger charge is 2.35. The van der Waals surface area contributed by atoms with Gasteiger partial charge >= 0.3 is 6.09 Å². The Kier molecular flexibility index (Phi) is 4.32. The number of rotatable bonds is 3. The minimum absolute atomic E-state index is 0.0217. The lowest BCUT2D eigenvalue weighted by atomic mass is 10.1. The molecule has 2 heterocycles. The molecule has 0 radical (unpaired) electrons. The Morgan fingerprint density at radius 1 is 1.57 bits per heavy atom. The highest BCUT2D eigenvalue weighted by atomic mass is 16.6. The molecule has 1 aliphatic rings. The quantitative estimate of drug-likeness (QED) is 0.853. The van der Waals surface area contributed by atoms with E-state index in [2.05, 4.69) is 11.1 Å². The lowest BCUT2D eigenvalue weighted by Gasteiger charge is -2.41. The van der Waals surface area contributed by atoms with Gasteiger partial charge in [-0.1, -0.05) is 0 Å². The van der Waals surface area contributed by atoms with Gasteiger partial charge in [-0.05, 0) is 33.3 Å². The number of carbonyl (C=O) groups is 1. The summed E-state index contributed by atoms with van der Waals surface area (Å²) >= 11 is 0. The maximum absolute atomic E-state index is 12.0. The van der Waals surface area contributed by atoms with Crippen molar-refractivity contribution in [2.24, 2.45) is 0 Å². The second-order valence-electron chi connectivity index (χ2n) is 5.91. The Labute approximate surface area is 124 Å². The van der Waals surface area contributed by atoms with Crippen molar-refractivity contribution in [3.63, 3.8) is 0 Å². The number of hydrogen-bond acceptors (Lipinski definition) is 5. The Bertz CT molecular complexity index is 560. The molecule has 0 N–H and O–H groups in total. The summed E-state index contributed by atoms with van der Waals surface area (Å²) in [4.78, 5) is 17.6. The summed E-state index contributed by atoms with van der Waals surface area (Å²) in [6.45, 7) is 6.52. The van der Waals surface area contributed by atoms with Crippen LogP contribution in [0.2, 0.25) is 0 Å². The van der Waals surface area contributed by atoms with E-state index in [0.29, 0.717) is 24.5 Å². The summed E-state index contributed by atoms with van der Waals surface area (Å²) in [6, 6.07) is 3.63. The molecule has 1 aliphatic heterocycles. The second kappa shape index (κ2) is 6.00. The van der Waals surface area contributed by atoms with Crippen molar-refractivity contribution < 1.29 is 14.3 Å². The highest BCUT2D eigenvalue weighted by Crippen LogP contribution is 2.23. The van der Waals surface area contributed by atoms with Gasteiger partial charge in [-0.2, -0.15) is 5.26 Å². The molecule has 0 aliphatic carbocycles. The van der Waals surface area contributed by atoms with Crippen molar-refractivity contribution in [1.29, 1.82) is 5.26 Å². The van der Waals surface area contributed by atoms with E-state index in [1.807, 2.05) is 20.8 Å². The van der Waals surface area contributed by atoms with Crippen molar-refractivity contribution in [1.82, 2.24) is 9.88 Å². The van der Waals surface area contributed by atoms with Gasteiger partial charge in [0, 0.05) is 12.7 Å². The summed E-state index contributed by atoms with van der Waals surface area (Å²) in [5, 5.41) is 8.98. The lowest BCUT2D eigenvalue weighted by Crippen LogP contribution is -2.55. The molecule has 0 bridgehead atoms. The van der Waals surface area contributed by atoms with Crippen LogP contribution in [-0.2, 0) is 4.74 Å². The number of likely N-dealkylation sites (tertiary alicyclic amines) is 1. The minimum atomic E-state index is -0.505. The zero-order valence-electron chi connectivity index (χ0n) is 12.5. The molecule has 0 unspecified atom stereocenters. The van der Waals surface area contributed by atoms with Crippen LogP contribution < -0.4 is 4.74 Å². The van der Waals surface area contributed by atoms with Crippen LogP contribution in [0.3, 0.4) is 0 Å². The number of nitriles is 1. The Hall–Kier alpha value is -2.29. The first-order valence-electron chi connectivity index (χ1n) is 6.87. The van der Waals surface area contributed by atoms with Crippen LogP contribution in [0.1, 0.15) is 32.8 Å². The summed E-state index contributed by atoms with van der Waals surface area (Å²) < 4.78 is 10.9. The van der Waals surface area contributed by atoms with Crippen molar-refractivity contribution in [2.75, 3.05) is 13.2 Å². The standard InChI is InChI=1S/C15H19N3O3/c1-15(2,3)21-14(19)18-7-5-12(18)10-20-13-9-17-6-4-11(13)8-16/h4,6,9,12H,5,7,10H2,1-3H3/t12-/m0/s1. The predicted octanol–water partition coefficient (Wildman–Crippen LogP) is 2.34. The van der Waals surface area contributed by atoms with E-state index >= 15 is 0 Å². The third-order valence-corrected chi connectivity index (χ3v) is 3.11. The average molecular weight is 289 g/mol. The molecule has 112 valence electrons. The topological polar surface area (TPSA) is 75.4 Å². The zero-order chi connectivity index (χ0) is 15.5. The predicted molar refractivity (Wildman–Crippen MR) is 75.8 cm³/mol. The number of aromatic nitrogens is 1. The molecule has 0 spiro atoms. The maximum Gasteiger partial charge on any atom is 0.410 e. The van der Waals surface area contributed by atoms with E-state index in [-0.39, 0.29) is 12.1 Å². The third-order valence-electron chi connectivity index (χ3n) is 3.11. The van der Waals surface area contributed by atoms with Gasteiger partial charge in [0.2, 0.25) is 0 Å². The van der Waals surface area contributed by atoms with Crippen LogP contribution in [0.5, 0.6) is 5.75 Å². The molecule has 1 fully saturated rings. The molecule has 21 heavy (non-hydrogen) atoms. The fourth-order valence-electron chi connectivity index (χ4n) is 1.95. The normalized spacial score (nSPS) is 17.6. The molecule has 1 saturated heterocycles. The SMILES string of the molecule is CC(C)(C)OC(=O)N1CC[C@H]1COc1cnccc1C#N. The van der Waals surface area contributed by atoms with Crippen LogP contribution in [-0.4, -0.2) is 40.8 Å². The smallest absolute Gasteiger partial charge is 0.410 e. The molecule has 1 amide bonds. The van der Waals surface area contributed by atoms with E-state index in [0.717, 1.165) is 6.42 Å². The molecular formula is C15H19N3O3. The second-order valence-corrected chi connectivity index (χ2v) is 5.91. The molecule has 0 aromatic carbocycles. The van der Waals surface area contributed by atoms with Crippen LogP contribution in [0, 0.1) is 11.3 Å². The molecule has 1 aromatic heterocycles. The van der Waals surface area contributed by atoms with Crippen LogP contribution in [0.4, 0.5) is 4.79 Å². The maximum atomic E-state index is 12.0. The summed E-state index contributed by atoms with van der Waals surface area (Å²) in [6.07, 6.45) is 3.59. The number of amides is 1. The molecule has 1 aromatic rings. The molecule has 1 atom stereocenters. The van der Waals surface area contributed by atoms with E-state index in [1.54, 1.807) is 17.2 Å². The summed E-state index contributed by atoms with van der Waals surface area (Å²) in [5.74, 6) is 0.441. The number of nitrogens with zero attached hydrogens (tertiary/aromatic N) is 3.